The van der Waals surface area contributed by atoms with Gasteiger partial charge in [-0.2, -0.15) is 5.10 Å². The number of hydrogen-bond acceptors (Lipinski definition) is 3. The molecule has 0 radical (unpaired) electrons. The van der Waals surface area contributed by atoms with E-state index >= 15 is 0 Å². The molecule has 2 heterocycles. The molecule has 20 heavy (non-hydrogen) atoms. The molecular weight excluding hydrogens is 248 g/mol. The Bertz CT molecular complexity index is 534. The van der Waals surface area contributed by atoms with Crippen molar-refractivity contribution in [1.29, 1.82) is 0 Å². The first kappa shape index (κ1) is 13.3. The Hall–Kier alpha value is -1.68. The van der Waals surface area contributed by atoms with Crippen molar-refractivity contribution in [2.75, 3.05) is 13.1 Å². The maximum absolute atomic E-state index is 4.50. The molecule has 1 aromatic heterocycles. The minimum Gasteiger partial charge on any atom is -0.293 e. The van der Waals surface area contributed by atoms with Gasteiger partial charge in [0.25, 0.3) is 0 Å². The Morgan fingerprint density at radius 2 is 2.15 bits per heavy atom. The van der Waals surface area contributed by atoms with Crippen LogP contribution in [-0.4, -0.2) is 33.2 Å². The molecule has 0 bridgehead atoms. The van der Waals surface area contributed by atoms with Crippen molar-refractivity contribution in [2.24, 2.45) is 0 Å². The number of rotatable bonds is 5. The van der Waals surface area contributed by atoms with Crippen LogP contribution in [0.4, 0.5) is 0 Å². The van der Waals surface area contributed by atoms with Gasteiger partial charge >= 0.3 is 0 Å². The SMILES string of the molecule is Cc1nc([C@@H]2CCCN2CCCc2ccccc2)n[nH]1. The fourth-order valence-electron chi connectivity index (χ4n) is 3.03. The molecule has 4 heteroatoms. The molecule has 0 saturated carbocycles. The Labute approximate surface area is 120 Å². The van der Waals surface area contributed by atoms with Gasteiger partial charge in [-0.25, -0.2) is 4.98 Å². The van der Waals surface area contributed by atoms with E-state index in [9.17, 15) is 0 Å². The lowest BCUT2D eigenvalue weighted by molar-refractivity contribution is 0.246. The number of nitrogens with zero attached hydrogens (tertiary/aromatic N) is 3. The summed E-state index contributed by atoms with van der Waals surface area (Å²) in [6.07, 6.45) is 4.78. The smallest absolute Gasteiger partial charge is 0.167 e. The lowest BCUT2D eigenvalue weighted by Crippen LogP contribution is -2.25. The van der Waals surface area contributed by atoms with Crippen molar-refractivity contribution in [1.82, 2.24) is 20.1 Å². The van der Waals surface area contributed by atoms with Crippen LogP contribution in [0.25, 0.3) is 0 Å². The third-order valence-corrected chi connectivity index (χ3v) is 4.03. The summed E-state index contributed by atoms with van der Waals surface area (Å²) in [6, 6.07) is 11.1. The minimum absolute atomic E-state index is 0.413. The Morgan fingerprint density at radius 3 is 2.90 bits per heavy atom. The first-order valence-electron chi connectivity index (χ1n) is 7.50. The number of H-pyrrole nitrogens is 1. The average Bonchev–Trinajstić information content (AvgIpc) is 3.09. The van der Waals surface area contributed by atoms with Crippen LogP contribution in [0, 0.1) is 6.92 Å². The van der Waals surface area contributed by atoms with E-state index in [1.165, 1.54) is 31.4 Å². The topological polar surface area (TPSA) is 44.8 Å². The van der Waals surface area contributed by atoms with Crippen LogP contribution in [0.3, 0.4) is 0 Å². The highest BCUT2D eigenvalue weighted by Crippen LogP contribution is 2.29. The number of hydrogen-bond donors (Lipinski definition) is 1. The van der Waals surface area contributed by atoms with Crippen LogP contribution in [0.5, 0.6) is 0 Å². The van der Waals surface area contributed by atoms with E-state index in [1.54, 1.807) is 0 Å². The van der Waals surface area contributed by atoms with Gasteiger partial charge in [-0.05, 0) is 51.3 Å². The molecule has 0 spiro atoms. The number of aromatic nitrogens is 3. The first-order chi connectivity index (χ1) is 9.83. The minimum atomic E-state index is 0.413. The van der Waals surface area contributed by atoms with E-state index in [0.29, 0.717) is 6.04 Å². The van der Waals surface area contributed by atoms with E-state index < -0.39 is 0 Å². The average molecular weight is 270 g/mol. The number of nitrogens with one attached hydrogen (secondary N) is 1. The van der Waals surface area contributed by atoms with E-state index in [2.05, 4.69) is 50.4 Å². The summed E-state index contributed by atoms with van der Waals surface area (Å²) in [5, 5.41) is 7.30. The molecule has 1 atom stereocenters. The highest BCUT2D eigenvalue weighted by Gasteiger charge is 2.28. The van der Waals surface area contributed by atoms with Crippen LogP contribution >= 0.6 is 0 Å². The lowest BCUT2D eigenvalue weighted by atomic mass is 10.1. The molecule has 0 amide bonds. The van der Waals surface area contributed by atoms with Crippen molar-refractivity contribution >= 4 is 0 Å². The maximum Gasteiger partial charge on any atom is 0.167 e. The monoisotopic (exact) mass is 270 g/mol. The molecule has 4 nitrogen and oxygen atoms in total. The van der Waals surface area contributed by atoms with Crippen LogP contribution < -0.4 is 0 Å². The largest absolute Gasteiger partial charge is 0.293 e. The van der Waals surface area contributed by atoms with Gasteiger partial charge in [0.1, 0.15) is 5.82 Å². The zero-order valence-electron chi connectivity index (χ0n) is 12.0. The van der Waals surface area contributed by atoms with Gasteiger partial charge in [-0.3, -0.25) is 10.00 Å². The molecule has 106 valence electrons. The zero-order chi connectivity index (χ0) is 13.8. The van der Waals surface area contributed by atoms with Gasteiger partial charge in [0, 0.05) is 0 Å². The van der Waals surface area contributed by atoms with Gasteiger partial charge in [0.15, 0.2) is 5.82 Å². The van der Waals surface area contributed by atoms with Crippen molar-refractivity contribution in [3.63, 3.8) is 0 Å². The summed E-state index contributed by atoms with van der Waals surface area (Å²) in [6.45, 7) is 4.27. The van der Waals surface area contributed by atoms with Crippen LogP contribution in [-0.2, 0) is 6.42 Å². The van der Waals surface area contributed by atoms with E-state index in [4.69, 9.17) is 0 Å². The van der Waals surface area contributed by atoms with E-state index in [0.717, 1.165) is 24.6 Å². The molecule has 1 fully saturated rings. The van der Waals surface area contributed by atoms with Crippen molar-refractivity contribution in [3.05, 3.63) is 47.5 Å². The van der Waals surface area contributed by atoms with Crippen molar-refractivity contribution in [3.8, 4) is 0 Å². The molecule has 1 aliphatic heterocycles. The first-order valence-corrected chi connectivity index (χ1v) is 7.50. The molecule has 2 aromatic rings. The second-order valence-corrected chi connectivity index (χ2v) is 5.56. The van der Waals surface area contributed by atoms with Gasteiger partial charge < -0.3 is 0 Å². The maximum atomic E-state index is 4.50. The van der Waals surface area contributed by atoms with Gasteiger partial charge in [-0.15, -0.1) is 0 Å². The number of aromatic amines is 1. The van der Waals surface area contributed by atoms with Gasteiger partial charge in [0.05, 0.1) is 6.04 Å². The fourth-order valence-corrected chi connectivity index (χ4v) is 3.03. The Kier molecular flexibility index (Phi) is 4.11. The fraction of sp³-hybridized carbons (Fsp3) is 0.500. The lowest BCUT2D eigenvalue weighted by Gasteiger charge is -2.21. The number of likely N-dealkylation sites (tertiary alicyclic amines) is 1. The van der Waals surface area contributed by atoms with E-state index in [-0.39, 0.29) is 0 Å². The van der Waals surface area contributed by atoms with Crippen molar-refractivity contribution < 1.29 is 0 Å². The summed E-state index contributed by atoms with van der Waals surface area (Å²) in [5.41, 5.74) is 1.43. The van der Waals surface area contributed by atoms with Crippen molar-refractivity contribution in [2.45, 2.75) is 38.6 Å². The number of benzene rings is 1. The third-order valence-electron chi connectivity index (χ3n) is 4.03. The standard InChI is InChI=1S/C16H22N4/c1-13-17-16(19-18-13)15-10-6-12-20(15)11-5-9-14-7-3-2-4-8-14/h2-4,7-8,15H,5-6,9-12H2,1H3,(H,17,18,19)/t15-/m0/s1. The second-order valence-electron chi connectivity index (χ2n) is 5.56. The molecule has 0 aliphatic carbocycles. The Morgan fingerprint density at radius 1 is 1.30 bits per heavy atom. The second kappa shape index (κ2) is 6.18. The molecule has 3 rings (SSSR count). The summed E-state index contributed by atoms with van der Waals surface area (Å²) < 4.78 is 0. The molecule has 1 aliphatic rings. The summed E-state index contributed by atoms with van der Waals surface area (Å²) in [5.74, 6) is 1.89. The highest BCUT2D eigenvalue weighted by atomic mass is 15.3. The summed E-state index contributed by atoms with van der Waals surface area (Å²) in [4.78, 5) is 7.03. The van der Waals surface area contributed by atoms with Gasteiger partial charge in [0.2, 0.25) is 0 Å². The van der Waals surface area contributed by atoms with Crippen LogP contribution in [0.2, 0.25) is 0 Å². The highest BCUT2D eigenvalue weighted by molar-refractivity contribution is 5.14. The molecule has 1 aromatic carbocycles. The number of aryl methyl sites for hydroxylation is 2. The summed E-state index contributed by atoms with van der Waals surface area (Å²) in [7, 11) is 0. The predicted molar refractivity (Wildman–Crippen MR) is 79.4 cm³/mol. The van der Waals surface area contributed by atoms with Crippen LogP contribution in [0.1, 0.15) is 42.5 Å². The Balaban J connectivity index is 1.54. The summed E-state index contributed by atoms with van der Waals surface area (Å²) >= 11 is 0. The molecular formula is C16H22N4. The third kappa shape index (κ3) is 3.07. The molecule has 0 unspecified atom stereocenters. The normalized spacial score (nSPS) is 19.6. The molecule has 1 saturated heterocycles. The van der Waals surface area contributed by atoms with Crippen LogP contribution in [0.15, 0.2) is 30.3 Å². The molecule has 1 N–H and O–H groups in total. The zero-order valence-corrected chi connectivity index (χ0v) is 12.0. The van der Waals surface area contributed by atoms with Gasteiger partial charge in [-0.1, -0.05) is 30.3 Å². The predicted octanol–water partition coefficient (Wildman–Crippen LogP) is 2.88. The quantitative estimate of drug-likeness (QED) is 0.908. The van der Waals surface area contributed by atoms with E-state index in [1.807, 2.05) is 6.92 Å².